The van der Waals surface area contributed by atoms with Crippen molar-refractivity contribution in [3.05, 3.63) is 83.9 Å². The van der Waals surface area contributed by atoms with Crippen LogP contribution >= 0.6 is 22.6 Å². The Balaban J connectivity index is 1.66. The Bertz CT molecular complexity index is 1280. The van der Waals surface area contributed by atoms with Crippen LogP contribution in [0.5, 0.6) is 23.0 Å². The Hall–Kier alpha value is -2.78. The smallest absolute Gasteiger partial charge is 0.317 e. The van der Waals surface area contributed by atoms with Crippen LogP contribution in [0.1, 0.15) is 66.5 Å². The molecule has 0 aliphatic carbocycles. The van der Waals surface area contributed by atoms with Crippen molar-refractivity contribution < 1.29 is 28.8 Å². The third-order valence-electron chi connectivity index (χ3n) is 7.69. The highest BCUT2D eigenvalue weighted by atomic mass is 127. The minimum Gasteiger partial charge on any atom is -0.494 e. The fourth-order valence-corrected chi connectivity index (χ4v) is 5.21. The van der Waals surface area contributed by atoms with E-state index in [0.29, 0.717) is 23.9 Å². The van der Waals surface area contributed by atoms with Crippen molar-refractivity contribution in [2.45, 2.75) is 72.7 Å². The number of alkyl halides is 1. The predicted molar refractivity (Wildman–Crippen MR) is 171 cm³/mol. The molecule has 0 saturated heterocycles. The number of carbonyl (C=O) groups is 1. The zero-order valence-corrected chi connectivity index (χ0v) is 27.5. The molecule has 3 rings (SSSR count). The van der Waals surface area contributed by atoms with Gasteiger partial charge in [-0.3, -0.25) is 4.79 Å². The van der Waals surface area contributed by atoms with Crippen LogP contribution in [0.3, 0.4) is 0 Å². The number of hydrogen-bond acceptors (Lipinski definition) is 6. The number of halogens is 1. The van der Waals surface area contributed by atoms with E-state index in [2.05, 4.69) is 48.6 Å². The summed E-state index contributed by atoms with van der Waals surface area (Å²) in [4.78, 5) is 12.8. The average molecular weight is 675 g/mol. The fourth-order valence-electron chi connectivity index (χ4n) is 4.11. The lowest BCUT2D eigenvalue weighted by atomic mass is 9.78. The molecule has 0 bridgehead atoms. The fraction of sp³-hybridized carbons (Fsp3) is 0.441. The Morgan fingerprint density at radius 1 is 0.829 bits per heavy atom. The van der Waals surface area contributed by atoms with Gasteiger partial charge in [0.25, 0.3) is 0 Å². The van der Waals surface area contributed by atoms with Crippen LogP contribution in [-0.2, 0) is 10.2 Å². The minimum absolute atomic E-state index is 0.161. The van der Waals surface area contributed by atoms with Crippen LogP contribution in [-0.4, -0.2) is 34.0 Å². The molecule has 6 nitrogen and oxygen atoms in total. The van der Waals surface area contributed by atoms with Crippen molar-refractivity contribution >= 4 is 28.6 Å². The van der Waals surface area contributed by atoms with Gasteiger partial charge >= 0.3 is 5.97 Å². The van der Waals surface area contributed by atoms with Gasteiger partial charge in [0.1, 0.15) is 23.0 Å². The molecule has 0 fully saturated rings. The molecule has 0 spiro atoms. The summed E-state index contributed by atoms with van der Waals surface area (Å²) in [7, 11) is 0. The molecular formula is C34H43IO6. The standard InChI is InChI=1S/C34H43IO6/c1-9-38-26-17-13-24(14-18-26)33(5,6)25-15-19-27(20-16-25)39-31(37)34(7,8)41-29-12-10-11-28(21-29)40-30(36)32(3,4)23(2)22-35/h10-21,23,31,37H,9,22H2,1-8H3. The number of aliphatic hydroxyl groups excluding tert-OH is 1. The molecular weight excluding hydrogens is 631 g/mol. The van der Waals surface area contributed by atoms with E-state index in [1.165, 1.54) is 5.56 Å². The molecule has 3 aromatic carbocycles. The molecule has 0 radical (unpaired) electrons. The number of benzene rings is 3. The van der Waals surface area contributed by atoms with Crippen LogP contribution in [0.25, 0.3) is 0 Å². The van der Waals surface area contributed by atoms with Gasteiger partial charge in [0.15, 0.2) is 5.60 Å². The quantitative estimate of drug-likeness (QED) is 0.0652. The highest BCUT2D eigenvalue weighted by molar-refractivity contribution is 14.1. The first-order valence-electron chi connectivity index (χ1n) is 14.0. The number of aliphatic hydroxyl groups is 1. The van der Waals surface area contributed by atoms with Crippen LogP contribution in [0, 0.1) is 11.3 Å². The van der Waals surface area contributed by atoms with E-state index in [4.69, 9.17) is 18.9 Å². The Morgan fingerprint density at radius 2 is 1.37 bits per heavy atom. The Morgan fingerprint density at radius 3 is 1.90 bits per heavy atom. The third kappa shape index (κ3) is 8.16. The van der Waals surface area contributed by atoms with Crippen molar-refractivity contribution in [1.29, 1.82) is 0 Å². The maximum Gasteiger partial charge on any atom is 0.317 e. The summed E-state index contributed by atoms with van der Waals surface area (Å²) in [5.41, 5.74) is 0.321. The van der Waals surface area contributed by atoms with Gasteiger partial charge in [0, 0.05) is 15.9 Å². The van der Waals surface area contributed by atoms with Crippen molar-refractivity contribution in [2.75, 3.05) is 11.0 Å². The predicted octanol–water partition coefficient (Wildman–Crippen LogP) is 7.97. The second-order valence-corrected chi connectivity index (χ2v) is 12.8. The zero-order valence-electron chi connectivity index (χ0n) is 25.4. The van der Waals surface area contributed by atoms with Gasteiger partial charge < -0.3 is 24.1 Å². The van der Waals surface area contributed by atoms with Crippen LogP contribution in [0.4, 0.5) is 0 Å². The molecule has 0 amide bonds. The number of hydrogen-bond donors (Lipinski definition) is 1. The topological polar surface area (TPSA) is 74.2 Å². The highest BCUT2D eigenvalue weighted by Crippen LogP contribution is 2.35. The van der Waals surface area contributed by atoms with Gasteiger partial charge in [-0.1, -0.05) is 73.7 Å². The lowest BCUT2D eigenvalue weighted by Crippen LogP contribution is -2.45. The van der Waals surface area contributed by atoms with Crippen molar-refractivity contribution in [3.8, 4) is 23.0 Å². The molecule has 2 atom stereocenters. The van der Waals surface area contributed by atoms with E-state index in [-0.39, 0.29) is 17.3 Å². The second-order valence-electron chi connectivity index (χ2n) is 11.9. The summed E-state index contributed by atoms with van der Waals surface area (Å²) < 4.78 is 24.1. The van der Waals surface area contributed by atoms with Crippen molar-refractivity contribution in [1.82, 2.24) is 0 Å². The summed E-state index contributed by atoms with van der Waals surface area (Å²) in [6.07, 6.45) is -1.26. The maximum atomic E-state index is 12.8. The van der Waals surface area contributed by atoms with E-state index in [1.807, 2.05) is 64.1 Å². The van der Waals surface area contributed by atoms with Crippen LogP contribution in [0.2, 0.25) is 0 Å². The SMILES string of the molecule is CCOc1ccc(C(C)(C)c2ccc(OC(O)C(C)(C)Oc3cccc(OC(=O)C(C)(C)C(C)CI)c3)cc2)cc1. The van der Waals surface area contributed by atoms with E-state index in [0.717, 1.165) is 15.7 Å². The zero-order chi connectivity index (χ0) is 30.4. The molecule has 0 aromatic heterocycles. The van der Waals surface area contributed by atoms with Crippen LogP contribution < -0.4 is 18.9 Å². The average Bonchev–Trinajstić information content (AvgIpc) is 2.93. The van der Waals surface area contributed by atoms with Gasteiger partial charge in [-0.2, -0.15) is 0 Å². The number of rotatable bonds is 13. The van der Waals surface area contributed by atoms with Crippen molar-refractivity contribution in [2.24, 2.45) is 11.3 Å². The molecule has 7 heteroatoms. The normalized spacial score (nSPS) is 13.7. The monoisotopic (exact) mass is 674 g/mol. The highest BCUT2D eigenvalue weighted by Gasteiger charge is 2.36. The first-order chi connectivity index (χ1) is 19.2. The largest absolute Gasteiger partial charge is 0.494 e. The van der Waals surface area contributed by atoms with Gasteiger partial charge in [-0.25, -0.2) is 0 Å². The summed E-state index contributed by atoms with van der Waals surface area (Å²) in [5.74, 6) is 2.08. The molecule has 0 saturated carbocycles. The summed E-state index contributed by atoms with van der Waals surface area (Å²) in [6, 6.07) is 22.7. The Kier molecular flexibility index (Phi) is 10.7. The van der Waals surface area contributed by atoms with E-state index in [9.17, 15) is 9.90 Å². The molecule has 3 aromatic rings. The summed E-state index contributed by atoms with van der Waals surface area (Å²) >= 11 is 2.28. The molecule has 2 unspecified atom stereocenters. The lowest BCUT2D eigenvalue weighted by molar-refractivity contribution is -0.146. The lowest BCUT2D eigenvalue weighted by Gasteiger charge is -2.32. The molecule has 1 N–H and O–H groups in total. The van der Waals surface area contributed by atoms with Gasteiger partial charge in [-0.05, 0) is 88.1 Å². The molecule has 0 aliphatic heterocycles. The first-order valence-corrected chi connectivity index (χ1v) is 15.5. The second kappa shape index (κ2) is 13.5. The summed E-state index contributed by atoms with van der Waals surface area (Å²) in [6.45, 7) is 16.2. The number of esters is 1. The molecule has 222 valence electrons. The van der Waals surface area contributed by atoms with E-state index in [1.54, 1.807) is 38.1 Å². The maximum absolute atomic E-state index is 12.8. The minimum atomic E-state index is -1.26. The van der Waals surface area contributed by atoms with E-state index >= 15 is 0 Å². The van der Waals surface area contributed by atoms with Crippen molar-refractivity contribution in [3.63, 3.8) is 0 Å². The van der Waals surface area contributed by atoms with Gasteiger partial charge in [0.05, 0.1) is 12.0 Å². The number of carbonyl (C=O) groups excluding carboxylic acids is 1. The molecule has 41 heavy (non-hydrogen) atoms. The van der Waals surface area contributed by atoms with E-state index < -0.39 is 17.3 Å². The first kappa shape index (κ1) is 32.7. The Labute approximate surface area is 258 Å². The summed E-state index contributed by atoms with van der Waals surface area (Å²) in [5, 5.41) is 10.9. The third-order valence-corrected chi connectivity index (χ3v) is 9.01. The van der Waals surface area contributed by atoms with Gasteiger partial charge in [-0.15, -0.1) is 0 Å². The molecule has 0 heterocycles. The molecule has 0 aliphatic rings. The van der Waals surface area contributed by atoms with Gasteiger partial charge in [0.2, 0.25) is 6.29 Å². The number of ether oxygens (including phenoxy) is 4. The van der Waals surface area contributed by atoms with Crippen LogP contribution in [0.15, 0.2) is 72.8 Å².